The van der Waals surface area contributed by atoms with E-state index in [0.717, 1.165) is 43.1 Å². The monoisotopic (exact) mass is 490 g/mol. The number of halogens is 2. The first-order chi connectivity index (χ1) is 12.1. The first kappa shape index (κ1) is 22.8. The van der Waals surface area contributed by atoms with Crippen LogP contribution in [0.3, 0.4) is 0 Å². The Balaban J connectivity index is 0.00000338. The second-order valence-corrected chi connectivity index (χ2v) is 7.04. The zero-order valence-electron chi connectivity index (χ0n) is 15.6. The van der Waals surface area contributed by atoms with Crippen LogP contribution in [0, 0.1) is 5.82 Å². The zero-order chi connectivity index (χ0) is 18.1. The molecule has 0 saturated carbocycles. The van der Waals surface area contributed by atoms with Crippen LogP contribution in [0.25, 0.3) is 0 Å². The van der Waals surface area contributed by atoms with Crippen molar-refractivity contribution in [2.24, 2.45) is 4.99 Å². The fourth-order valence-electron chi connectivity index (χ4n) is 2.30. The van der Waals surface area contributed by atoms with Crippen LogP contribution < -0.4 is 10.6 Å². The van der Waals surface area contributed by atoms with E-state index in [-0.39, 0.29) is 29.8 Å². The molecule has 7 heteroatoms. The molecule has 1 heterocycles. The normalized spacial score (nSPS) is 11.3. The molecule has 0 aliphatic heterocycles. The van der Waals surface area contributed by atoms with Gasteiger partial charge in [0.2, 0.25) is 0 Å². The van der Waals surface area contributed by atoms with Crippen molar-refractivity contribution in [2.45, 2.75) is 39.5 Å². The van der Waals surface area contributed by atoms with Crippen LogP contribution in [0.1, 0.15) is 43.0 Å². The summed E-state index contributed by atoms with van der Waals surface area (Å²) in [6.45, 7) is 8.64. The number of aliphatic imine (C=N–C) groups is 1. The molecule has 0 fully saturated rings. The van der Waals surface area contributed by atoms with Crippen molar-refractivity contribution in [3.63, 3.8) is 0 Å². The minimum absolute atomic E-state index is 0. The molecule has 0 atom stereocenters. The highest BCUT2D eigenvalue weighted by atomic mass is 127. The standard InChI is InChI=1S/C19H27FN4S.HI/c1-4-21-19(22-11-9-15-5-7-16(20)8-6-15)23-12-10-17-13-25-18(24-17)14(2)3;/h5-8,13-14H,4,9-12H2,1-3H3,(H2,21,22,23);1H. The van der Waals surface area contributed by atoms with E-state index in [4.69, 9.17) is 0 Å². The largest absolute Gasteiger partial charge is 0.357 e. The van der Waals surface area contributed by atoms with Crippen molar-refractivity contribution >= 4 is 41.3 Å². The number of rotatable bonds is 8. The third-order valence-corrected chi connectivity index (χ3v) is 4.86. The highest BCUT2D eigenvalue weighted by Gasteiger charge is 2.05. The number of nitrogens with one attached hydrogen (secondary N) is 2. The van der Waals surface area contributed by atoms with Gasteiger partial charge in [-0.3, -0.25) is 4.99 Å². The van der Waals surface area contributed by atoms with Gasteiger partial charge in [-0.15, -0.1) is 35.3 Å². The summed E-state index contributed by atoms with van der Waals surface area (Å²) in [4.78, 5) is 9.25. The van der Waals surface area contributed by atoms with Crippen LogP contribution in [0.4, 0.5) is 4.39 Å². The van der Waals surface area contributed by atoms with Gasteiger partial charge in [0, 0.05) is 37.4 Å². The summed E-state index contributed by atoms with van der Waals surface area (Å²) in [7, 11) is 0. The van der Waals surface area contributed by atoms with Crippen molar-refractivity contribution < 1.29 is 4.39 Å². The Hall–Kier alpha value is -1.22. The molecule has 0 amide bonds. The maximum atomic E-state index is 12.9. The van der Waals surface area contributed by atoms with Crippen LogP contribution in [0.2, 0.25) is 0 Å². The third-order valence-electron chi connectivity index (χ3n) is 3.66. The number of nitrogens with zero attached hydrogens (tertiary/aromatic N) is 2. The van der Waals surface area contributed by atoms with Crippen LogP contribution in [0.5, 0.6) is 0 Å². The lowest BCUT2D eigenvalue weighted by molar-refractivity contribution is 0.626. The van der Waals surface area contributed by atoms with Gasteiger partial charge in [0.1, 0.15) is 5.82 Å². The predicted octanol–water partition coefficient (Wildman–Crippen LogP) is 4.36. The molecule has 0 bridgehead atoms. The molecule has 0 radical (unpaired) electrons. The van der Waals surface area contributed by atoms with E-state index < -0.39 is 0 Å². The summed E-state index contributed by atoms with van der Waals surface area (Å²) in [5.74, 6) is 1.09. The molecule has 0 unspecified atom stereocenters. The molecule has 26 heavy (non-hydrogen) atoms. The van der Waals surface area contributed by atoms with Gasteiger partial charge in [0.15, 0.2) is 5.96 Å². The van der Waals surface area contributed by atoms with Crippen molar-refractivity contribution in [1.82, 2.24) is 15.6 Å². The van der Waals surface area contributed by atoms with Gasteiger partial charge in [-0.25, -0.2) is 9.37 Å². The summed E-state index contributed by atoms with van der Waals surface area (Å²) in [5, 5.41) is 9.88. The van der Waals surface area contributed by atoms with E-state index >= 15 is 0 Å². The molecule has 1 aromatic carbocycles. The third kappa shape index (κ3) is 7.99. The van der Waals surface area contributed by atoms with Gasteiger partial charge in [-0.1, -0.05) is 26.0 Å². The molecule has 1 aromatic heterocycles. The molecule has 0 spiro atoms. The molecular formula is C19H28FIN4S. The summed E-state index contributed by atoms with van der Waals surface area (Å²) < 4.78 is 12.9. The molecule has 2 aromatic rings. The second kappa shape index (κ2) is 12.2. The summed E-state index contributed by atoms with van der Waals surface area (Å²) in [5.41, 5.74) is 2.22. The maximum absolute atomic E-state index is 12.9. The van der Waals surface area contributed by atoms with Crippen molar-refractivity contribution in [1.29, 1.82) is 0 Å². The number of aromatic nitrogens is 1. The average Bonchev–Trinajstić information content (AvgIpc) is 3.06. The molecular weight excluding hydrogens is 462 g/mol. The molecule has 144 valence electrons. The van der Waals surface area contributed by atoms with Crippen LogP contribution in [-0.2, 0) is 12.8 Å². The first-order valence-corrected chi connectivity index (χ1v) is 9.67. The number of hydrogen-bond donors (Lipinski definition) is 2. The van der Waals surface area contributed by atoms with Crippen molar-refractivity contribution in [3.8, 4) is 0 Å². The quantitative estimate of drug-likeness (QED) is 0.329. The van der Waals surface area contributed by atoms with Gasteiger partial charge in [0.25, 0.3) is 0 Å². The van der Waals surface area contributed by atoms with Gasteiger partial charge >= 0.3 is 0 Å². The highest BCUT2D eigenvalue weighted by Crippen LogP contribution is 2.19. The van der Waals surface area contributed by atoms with E-state index in [2.05, 4.69) is 39.8 Å². The van der Waals surface area contributed by atoms with Crippen LogP contribution in [-0.4, -0.2) is 30.6 Å². The number of hydrogen-bond acceptors (Lipinski definition) is 3. The van der Waals surface area contributed by atoms with E-state index in [9.17, 15) is 4.39 Å². The summed E-state index contributed by atoms with van der Waals surface area (Å²) in [6.07, 6.45) is 1.67. The minimum Gasteiger partial charge on any atom is -0.357 e. The van der Waals surface area contributed by atoms with Gasteiger partial charge < -0.3 is 10.6 Å². The Kier molecular flexibility index (Phi) is 10.7. The number of benzene rings is 1. The van der Waals surface area contributed by atoms with E-state index in [1.54, 1.807) is 11.3 Å². The number of thiazole rings is 1. The lowest BCUT2D eigenvalue weighted by atomic mass is 10.1. The molecule has 2 rings (SSSR count). The summed E-state index contributed by atoms with van der Waals surface area (Å²) >= 11 is 1.72. The number of guanidine groups is 1. The Morgan fingerprint density at radius 2 is 1.92 bits per heavy atom. The Labute approximate surface area is 176 Å². The maximum Gasteiger partial charge on any atom is 0.191 e. The molecule has 0 aliphatic carbocycles. The second-order valence-electron chi connectivity index (χ2n) is 6.15. The Morgan fingerprint density at radius 1 is 1.19 bits per heavy atom. The van der Waals surface area contributed by atoms with Gasteiger partial charge in [-0.05, 0) is 31.0 Å². The molecule has 0 aliphatic rings. The first-order valence-electron chi connectivity index (χ1n) is 8.79. The average molecular weight is 490 g/mol. The SMILES string of the molecule is CCNC(=NCCc1csc(C(C)C)n1)NCCc1ccc(F)cc1.I. The topological polar surface area (TPSA) is 49.3 Å². The van der Waals surface area contributed by atoms with Crippen LogP contribution in [0.15, 0.2) is 34.6 Å². The smallest absolute Gasteiger partial charge is 0.191 e. The Bertz CT molecular complexity index is 670. The van der Waals surface area contributed by atoms with E-state index in [1.165, 1.54) is 17.1 Å². The van der Waals surface area contributed by atoms with Crippen molar-refractivity contribution in [2.75, 3.05) is 19.6 Å². The fourth-order valence-corrected chi connectivity index (χ4v) is 3.17. The predicted molar refractivity (Wildman–Crippen MR) is 119 cm³/mol. The highest BCUT2D eigenvalue weighted by molar-refractivity contribution is 14.0. The van der Waals surface area contributed by atoms with Crippen molar-refractivity contribution in [3.05, 3.63) is 51.7 Å². The lowest BCUT2D eigenvalue weighted by Crippen LogP contribution is -2.38. The summed E-state index contributed by atoms with van der Waals surface area (Å²) in [6, 6.07) is 6.62. The van der Waals surface area contributed by atoms with Crippen LogP contribution >= 0.6 is 35.3 Å². The fraction of sp³-hybridized carbons (Fsp3) is 0.474. The minimum atomic E-state index is -0.200. The van der Waals surface area contributed by atoms with E-state index in [1.807, 2.05) is 19.1 Å². The molecule has 2 N–H and O–H groups in total. The molecule has 4 nitrogen and oxygen atoms in total. The van der Waals surface area contributed by atoms with Gasteiger partial charge in [-0.2, -0.15) is 0 Å². The zero-order valence-corrected chi connectivity index (χ0v) is 18.7. The van der Waals surface area contributed by atoms with Gasteiger partial charge in [0.05, 0.1) is 10.7 Å². The Morgan fingerprint density at radius 3 is 2.54 bits per heavy atom. The lowest BCUT2D eigenvalue weighted by Gasteiger charge is -2.11. The molecule has 0 saturated heterocycles. The van der Waals surface area contributed by atoms with E-state index in [0.29, 0.717) is 12.5 Å².